The van der Waals surface area contributed by atoms with Crippen LogP contribution >= 0.6 is 8.86 Å². The van der Waals surface area contributed by atoms with Crippen LogP contribution in [0.4, 0.5) is 4.39 Å². The van der Waals surface area contributed by atoms with Crippen LogP contribution in [0.3, 0.4) is 0 Å². The van der Waals surface area contributed by atoms with Crippen LogP contribution in [-0.4, -0.2) is 25.6 Å². The summed E-state index contributed by atoms with van der Waals surface area (Å²) in [4.78, 5) is 0. The normalized spacial score (nSPS) is 9.44. The highest BCUT2D eigenvalue weighted by molar-refractivity contribution is 7.18. The minimum Gasteiger partial charge on any atom is -0.313 e. The Morgan fingerprint density at radius 1 is 1.44 bits per heavy atom. The Morgan fingerprint density at radius 3 is 2.78 bits per heavy atom. The van der Waals surface area contributed by atoms with Crippen LogP contribution < -0.4 is 5.32 Å². The molecule has 0 aliphatic heterocycles. The zero-order valence-corrected chi connectivity index (χ0v) is 6.49. The molecule has 0 radical (unpaired) electrons. The summed E-state index contributed by atoms with van der Waals surface area (Å²) in [5.74, 6) is 1.86. The summed E-state index contributed by atoms with van der Waals surface area (Å²) < 4.78 is 11.5. The first-order chi connectivity index (χ1) is 4.41. The van der Waals surface area contributed by atoms with Gasteiger partial charge < -0.3 is 5.32 Å². The van der Waals surface area contributed by atoms with E-state index in [1.54, 1.807) is 0 Å². The van der Waals surface area contributed by atoms with Gasteiger partial charge in [-0.1, -0.05) is 5.80 Å². The Morgan fingerprint density at radius 2 is 2.22 bits per heavy atom. The SMILES string of the molecule is FCCCCNCC=P. The molecule has 9 heavy (non-hydrogen) atoms. The molecule has 0 saturated carbocycles. The molecule has 54 valence electrons. The van der Waals surface area contributed by atoms with Crippen molar-refractivity contribution in [2.24, 2.45) is 0 Å². The van der Waals surface area contributed by atoms with E-state index in [4.69, 9.17) is 0 Å². The van der Waals surface area contributed by atoms with Crippen molar-refractivity contribution in [2.45, 2.75) is 12.8 Å². The van der Waals surface area contributed by atoms with Crippen molar-refractivity contribution >= 4 is 14.7 Å². The smallest absolute Gasteiger partial charge is 0.0894 e. The maximum Gasteiger partial charge on any atom is 0.0894 e. The zero-order chi connectivity index (χ0) is 6.95. The van der Waals surface area contributed by atoms with Gasteiger partial charge in [0, 0.05) is 6.54 Å². The predicted molar refractivity (Wildman–Crippen MR) is 42.5 cm³/mol. The van der Waals surface area contributed by atoms with Gasteiger partial charge in [0.15, 0.2) is 0 Å². The number of hydrogen-bond acceptors (Lipinski definition) is 1. The maximum absolute atomic E-state index is 11.5. The van der Waals surface area contributed by atoms with Crippen molar-refractivity contribution in [3.63, 3.8) is 0 Å². The maximum atomic E-state index is 11.5. The highest BCUT2D eigenvalue weighted by Gasteiger charge is 1.84. The lowest BCUT2D eigenvalue weighted by Crippen LogP contribution is -2.16. The van der Waals surface area contributed by atoms with E-state index in [0.29, 0.717) is 6.42 Å². The molecule has 0 aliphatic carbocycles. The lowest BCUT2D eigenvalue weighted by Gasteiger charge is -1.96. The van der Waals surface area contributed by atoms with Gasteiger partial charge in [-0.3, -0.25) is 4.39 Å². The molecule has 0 saturated heterocycles. The van der Waals surface area contributed by atoms with Gasteiger partial charge in [0.1, 0.15) is 0 Å². The highest BCUT2D eigenvalue weighted by atomic mass is 31.0. The Kier molecular flexibility index (Phi) is 8.11. The fraction of sp³-hybridized carbons (Fsp3) is 0.833. The molecule has 3 heteroatoms. The van der Waals surface area contributed by atoms with Crippen LogP contribution in [0.2, 0.25) is 0 Å². The van der Waals surface area contributed by atoms with Gasteiger partial charge in [-0.05, 0) is 19.4 Å². The van der Waals surface area contributed by atoms with Gasteiger partial charge >= 0.3 is 0 Å². The number of hydrogen-bond donors (Lipinski definition) is 1. The van der Waals surface area contributed by atoms with E-state index in [9.17, 15) is 4.39 Å². The first kappa shape index (κ1) is 9.06. The van der Waals surface area contributed by atoms with Crippen LogP contribution in [0.5, 0.6) is 0 Å². The van der Waals surface area contributed by atoms with E-state index < -0.39 is 0 Å². The first-order valence-electron chi connectivity index (χ1n) is 3.17. The molecule has 0 heterocycles. The molecule has 0 unspecified atom stereocenters. The van der Waals surface area contributed by atoms with Crippen molar-refractivity contribution in [1.82, 2.24) is 5.32 Å². The second-order valence-electron chi connectivity index (χ2n) is 1.80. The second kappa shape index (κ2) is 8.06. The van der Waals surface area contributed by atoms with Gasteiger partial charge in [0.25, 0.3) is 0 Å². The number of nitrogens with one attached hydrogen (secondary N) is 1. The van der Waals surface area contributed by atoms with Gasteiger partial charge in [-0.2, -0.15) is 0 Å². The van der Waals surface area contributed by atoms with E-state index in [2.05, 4.69) is 14.2 Å². The number of unbranched alkanes of at least 4 members (excludes halogenated alkanes) is 1. The number of alkyl halides is 1. The fourth-order valence-corrected chi connectivity index (χ4v) is 0.663. The van der Waals surface area contributed by atoms with Crippen LogP contribution in [0.1, 0.15) is 12.8 Å². The molecule has 0 aliphatic rings. The minimum absolute atomic E-state index is 0.195. The standard InChI is InChI=1S/C6H13FNP/c7-3-1-2-4-8-5-6-9/h6,8-9H,1-5H2. The molecule has 0 fully saturated rings. The van der Waals surface area contributed by atoms with E-state index in [1.165, 1.54) is 0 Å². The van der Waals surface area contributed by atoms with Crippen molar-refractivity contribution in [3.05, 3.63) is 0 Å². The molecule has 1 nitrogen and oxygen atoms in total. The molecule has 0 bridgehead atoms. The zero-order valence-electron chi connectivity index (χ0n) is 5.49. The quantitative estimate of drug-likeness (QED) is 0.443. The van der Waals surface area contributed by atoms with Crippen LogP contribution in [-0.2, 0) is 0 Å². The molecule has 0 atom stereocenters. The first-order valence-corrected chi connectivity index (χ1v) is 3.75. The van der Waals surface area contributed by atoms with Crippen LogP contribution in [0.15, 0.2) is 0 Å². The molecule has 0 aromatic heterocycles. The summed E-state index contributed by atoms with van der Waals surface area (Å²) in [6, 6.07) is 0. The average molecular weight is 149 g/mol. The molecule has 0 amide bonds. The molecule has 1 N–H and O–H groups in total. The molecular formula is C6H13FNP. The van der Waals surface area contributed by atoms with Gasteiger partial charge in [-0.25, -0.2) is 0 Å². The summed E-state index contributed by atoms with van der Waals surface area (Å²) >= 11 is 0. The molecule has 0 aromatic carbocycles. The van der Waals surface area contributed by atoms with E-state index in [-0.39, 0.29) is 6.67 Å². The third-order valence-corrected chi connectivity index (χ3v) is 1.19. The Hall–Kier alpha value is 0.0600. The van der Waals surface area contributed by atoms with Crippen LogP contribution in [0.25, 0.3) is 0 Å². The fourth-order valence-electron chi connectivity index (χ4n) is 0.519. The lowest BCUT2D eigenvalue weighted by atomic mass is 10.3. The Bertz CT molecular complexity index is 68.1. The molecule has 0 spiro atoms. The summed E-state index contributed by atoms with van der Waals surface area (Å²) in [5.41, 5.74) is 0. The molecule has 0 rings (SSSR count). The largest absolute Gasteiger partial charge is 0.313 e. The Labute approximate surface area is 57.9 Å². The van der Waals surface area contributed by atoms with E-state index >= 15 is 0 Å². The van der Waals surface area contributed by atoms with Crippen molar-refractivity contribution in [1.29, 1.82) is 0 Å². The van der Waals surface area contributed by atoms with Gasteiger partial charge in [0.2, 0.25) is 0 Å². The second-order valence-corrected chi connectivity index (χ2v) is 2.21. The van der Waals surface area contributed by atoms with Crippen molar-refractivity contribution in [3.8, 4) is 0 Å². The van der Waals surface area contributed by atoms with Crippen LogP contribution in [0, 0.1) is 0 Å². The summed E-state index contributed by atoms with van der Waals surface area (Å²) in [5, 5.41) is 3.10. The molecule has 0 aromatic rings. The third kappa shape index (κ3) is 8.06. The highest BCUT2D eigenvalue weighted by Crippen LogP contribution is 1.85. The van der Waals surface area contributed by atoms with Gasteiger partial charge in [0.05, 0.1) is 6.67 Å². The lowest BCUT2D eigenvalue weighted by molar-refractivity contribution is 0.458. The van der Waals surface area contributed by atoms with Crippen molar-refractivity contribution < 1.29 is 4.39 Å². The van der Waals surface area contributed by atoms with E-state index in [0.717, 1.165) is 19.5 Å². The van der Waals surface area contributed by atoms with Gasteiger partial charge in [-0.15, -0.1) is 8.86 Å². The topological polar surface area (TPSA) is 12.0 Å². The average Bonchev–Trinajstić information content (AvgIpc) is 1.89. The molecular weight excluding hydrogens is 136 g/mol. The minimum atomic E-state index is -0.195. The predicted octanol–water partition coefficient (Wildman–Crippen LogP) is 1.27. The monoisotopic (exact) mass is 149 g/mol. The van der Waals surface area contributed by atoms with Crippen molar-refractivity contribution in [2.75, 3.05) is 19.8 Å². The Balaban J connectivity index is 2.66. The number of halogens is 1. The summed E-state index contributed by atoms with van der Waals surface area (Å²) in [6.07, 6.45) is 1.60. The third-order valence-electron chi connectivity index (χ3n) is 0.984. The van der Waals surface area contributed by atoms with E-state index in [1.807, 2.05) is 5.80 Å². The summed E-state index contributed by atoms with van der Waals surface area (Å²) in [6.45, 7) is 1.56. The number of rotatable bonds is 6. The summed E-state index contributed by atoms with van der Waals surface area (Å²) in [7, 11) is 3.20.